The molecule has 0 spiro atoms. The van der Waals surface area contributed by atoms with E-state index in [1.807, 2.05) is 0 Å². The van der Waals surface area contributed by atoms with E-state index >= 15 is 0 Å². The van der Waals surface area contributed by atoms with Crippen LogP contribution in [0.2, 0.25) is 10.0 Å². The van der Waals surface area contributed by atoms with Gasteiger partial charge >= 0.3 is 0 Å². The van der Waals surface area contributed by atoms with E-state index in [0.29, 0.717) is 28.7 Å². The van der Waals surface area contributed by atoms with Crippen molar-refractivity contribution in [3.63, 3.8) is 0 Å². The molecule has 2 rings (SSSR count). The van der Waals surface area contributed by atoms with E-state index in [0.717, 1.165) is 0 Å². The molecule has 0 aromatic heterocycles. The van der Waals surface area contributed by atoms with Crippen molar-refractivity contribution in [3.8, 4) is 5.75 Å². The molecule has 3 N–H and O–H groups in total. The molecule has 1 aliphatic heterocycles. The van der Waals surface area contributed by atoms with Crippen LogP contribution in [0.15, 0.2) is 12.1 Å². The highest BCUT2D eigenvalue weighted by atomic mass is 35.5. The maximum atomic E-state index is 11.6. The maximum Gasteiger partial charge on any atom is 0.225 e. The number of phenols is 1. The molecule has 1 amide bonds. The number of benzene rings is 1. The normalized spacial score (nSPS) is 15.4. The Morgan fingerprint density at radius 3 is 2.65 bits per heavy atom. The molecule has 1 aliphatic rings. The Morgan fingerprint density at radius 1 is 1.41 bits per heavy atom. The quantitative estimate of drug-likeness (QED) is 0.784. The number of phenolic OH excluding ortho intramolecular Hbond substituents is 1. The zero-order chi connectivity index (χ0) is 12.4. The first-order valence-corrected chi connectivity index (χ1v) is 5.99. The Bertz CT molecular complexity index is 447. The predicted molar refractivity (Wildman–Crippen MR) is 66.3 cm³/mol. The van der Waals surface area contributed by atoms with Gasteiger partial charge in [0.05, 0.1) is 16.0 Å². The van der Waals surface area contributed by atoms with Gasteiger partial charge in [-0.2, -0.15) is 0 Å². The summed E-state index contributed by atoms with van der Waals surface area (Å²) in [6.45, 7) is 1.66. The lowest BCUT2D eigenvalue weighted by molar-refractivity contribution is -0.126. The number of hydrogen-bond acceptors (Lipinski definition) is 3. The second kappa shape index (κ2) is 5.12. The molecule has 0 atom stereocenters. The topological polar surface area (TPSA) is 61.4 Å². The van der Waals surface area contributed by atoms with Crippen LogP contribution in [0.5, 0.6) is 5.75 Å². The van der Waals surface area contributed by atoms with Crippen molar-refractivity contribution in [2.24, 2.45) is 5.92 Å². The number of rotatable bonds is 3. The lowest BCUT2D eigenvalue weighted by Crippen LogP contribution is -2.50. The van der Waals surface area contributed by atoms with Crippen molar-refractivity contribution in [1.29, 1.82) is 0 Å². The highest BCUT2D eigenvalue weighted by Gasteiger charge is 2.24. The molecule has 0 saturated carbocycles. The van der Waals surface area contributed by atoms with Crippen LogP contribution in [0.3, 0.4) is 0 Å². The van der Waals surface area contributed by atoms with Crippen molar-refractivity contribution < 1.29 is 9.90 Å². The van der Waals surface area contributed by atoms with Crippen LogP contribution in [0.1, 0.15) is 5.56 Å². The first kappa shape index (κ1) is 12.5. The average Bonchev–Trinajstić information content (AvgIpc) is 2.19. The van der Waals surface area contributed by atoms with E-state index in [1.165, 1.54) is 6.07 Å². The number of hydrogen-bond donors (Lipinski definition) is 3. The molecule has 1 saturated heterocycles. The first-order chi connectivity index (χ1) is 8.08. The predicted octanol–water partition coefficient (Wildman–Crippen LogP) is 1.53. The molecule has 0 unspecified atom stereocenters. The van der Waals surface area contributed by atoms with Gasteiger partial charge in [-0.3, -0.25) is 4.79 Å². The van der Waals surface area contributed by atoms with Crippen molar-refractivity contribution in [1.82, 2.24) is 10.6 Å². The Labute approximate surface area is 109 Å². The Hall–Kier alpha value is -0.970. The summed E-state index contributed by atoms with van der Waals surface area (Å²) in [5.41, 5.74) is 0.556. The van der Waals surface area contributed by atoms with Crippen LogP contribution in [-0.4, -0.2) is 24.1 Å². The smallest absolute Gasteiger partial charge is 0.225 e. The molecule has 1 heterocycles. The van der Waals surface area contributed by atoms with Crippen molar-refractivity contribution in [2.45, 2.75) is 6.54 Å². The number of amides is 1. The largest absolute Gasteiger partial charge is 0.508 e. The summed E-state index contributed by atoms with van der Waals surface area (Å²) in [6.07, 6.45) is 0. The van der Waals surface area contributed by atoms with E-state index < -0.39 is 0 Å². The van der Waals surface area contributed by atoms with Gasteiger partial charge in [0.2, 0.25) is 5.91 Å². The highest BCUT2D eigenvalue weighted by molar-refractivity contribution is 6.42. The van der Waals surface area contributed by atoms with Gasteiger partial charge in [0, 0.05) is 31.3 Å². The summed E-state index contributed by atoms with van der Waals surface area (Å²) < 4.78 is 0. The van der Waals surface area contributed by atoms with Crippen LogP contribution in [0.4, 0.5) is 0 Å². The fraction of sp³-hybridized carbons (Fsp3) is 0.364. The molecule has 1 fully saturated rings. The third kappa shape index (κ3) is 2.83. The lowest BCUT2D eigenvalue weighted by Gasteiger charge is -2.25. The summed E-state index contributed by atoms with van der Waals surface area (Å²) in [4.78, 5) is 11.6. The van der Waals surface area contributed by atoms with Gasteiger partial charge in [0.25, 0.3) is 0 Å². The SMILES string of the molecule is O=C(NCc1cc(Cl)c(Cl)cc1O)C1CNC1. The second-order valence-corrected chi connectivity index (χ2v) is 4.78. The van der Waals surface area contributed by atoms with Gasteiger partial charge in [-0.25, -0.2) is 0 Å². The molecular formula is C11H12Cl2N2O2. The first-order valence-electron chi connectivity index (χ1n) is 5.23. The second-order valence-electron chi connectivity index (χ2n) is 3.97. The van der Waals surface area contributed by atoms with Gasteiger partial charge in [-0.15, -0.1) is 0 Å². The van der Waals surface area contributed by atoms with E-state index in [9.17, 15) is 9.90 Å². The maximum absolute atomic E-state index is 11.6. The molecule has 4 nitrogen and oxygen atoms in total. The van der Waals surface area contributed by atoms with Crippen LogP contribution in [0, 0.1) is 5.92 Å². The van der Waals surface area contributed by atoms with E-state index in [1.54, 1.807) is 6.07 Å². The number of nitrogens with one attached hydrogen (secondary N) is 2. The van der Waals surface area contributed by atoms with Gasteiger partial charge < -0.3 is 15.7 Å². The zero-order valence-corrected chi connectivity index (χ0v) is 10.5. The monoisotopic (exact) mass is 274 g/mol. The van der Waals surface area contributed by atoms with E-state index in [4.69, 9.17) is 23.2 Å². The minimum atomic E-state index is -0.0192. The van der Waals surface area contributed by atoms with Gasteiger partial charge in [-0.05, 0) is 6.07 Å². The van der Waals surface area contributed by atoms with Crippen LogP contribution in [-0.2, 0) is 11.3 Å². The van der Waals surface area contributed by atoms with E-state index in [-0.39, 0.29) is 24.1 Å². The highest BCUT2D eigenvalue weighted by Crippen LogP contribution is 2.29. The molecule has 0 aliphatic carbocycles. The Morgan fingerprint density at radius 2 is 2.06 bits per heavy atom. The van der Waals surface area contributed by atoms with Crippen molar-refractivity contribution >= 4 is 29.1 Å². The van der Waals surface area contributed by atoms with E-state index in [2.05, 4.69) is 10.6 Å². The zero-order valence-electron chi connectivity index (χ0n) is 8.96. The molecular weight excluding hydrogens is 263 g/mol. The van der Waals surface area contributed by atoms with Gasteiger partial charge in [0.15, 0.2) is 0 Å². The molecule has 1 aromatic rings. The van der Waals surface area contributed by atoms with Crippen molar-refractivity contribution in [3.05, 3.63) is 27.7 Å². The van der Waals surface area contributed by atoms with Gasteiger partial charge in [-0.1, -0.05) is 23.2 Å². The van der Waals surface area contributed by atoms with Crippen LogP contribution < -0.4 is 10.6 Å². The molecule has 0 radical (unpaired) electrons. The lowest BCUT2D eigenvalue weighted by atomic mass is 10.0. The fourth-order valence-electron chi connectivity index (χ4n) is 1.52. The molecule has 92 valence electrons. The number of halogens is 2. The fourth-order valence-corrected chi connectivity index (χ4v) is 1.86. The number of carbonyl (C=O) groups excluding carboxylic acids is 1. The number of aromatic hydroxyl groups is 1. The third-order valence-corrected chi connectivity index (χ3v) is 3.45. The van der Waals surface area contributed by atoms with Crippen LogP contribution in [0.25, 0.3) is 0 Å². The standard InChI is InChI=1S/C11H12Cl2N2O2/c12-8-1-6(10(16)2-9(8)13)5-15-11(17)7-3-14-4-7/h1-2,7,14,16H,3-5H2,(H,15,17). The van der Waals surface area contributed by atoms with Gasteiger partial charge in [0.1, 0.15) is 5.75 Å². The van der Waals surface area contributed by atoms with Crippen molar-refractivity contribution in [2.75, 3.05) is 13.1 Å². The summed E-state index contributed by atoms with van der Waals surface area (Å²) in [5.74, 6) is 0.0422. The summed E-state index contributed by atoms with van der Waals surface area (Å²) >= 11 is 11.6. The summed E-state index contributed by atoms with van der Waals surface area (Å²) in [7, 11) is 0. The van der Waals surface area contributed by atoms with Crippen LogP contribution >= 0.6 is 23.2 Å². The Kier molecular flexibility index (Phi) is 3.76. The third-order valence-electron chi connectivity index (χ3n) is 2.73. The summed E-state index contributed by atoms with van der Waals surface area (Å²) in [5, 5.41) is 16.1. The Balaban J connectivity index is 1.98. The molecule has 0 bridgehead atoms. The minimum absolute atomic E-state index is 0.0192. The number of carbonyl (C=O) groups is 1. The minimum Gasteiger partial charge on any atom is -0.508 e. The molecule has 1 aromatic carbocycles. The average molecular weight is 275 g/mol. The summed E-state index contributed by atoms with van der Waals surface area (Å²) in [6, 6.07) is 2.93. The molecule has 17 heavy (non-hydrogen) atoms. The molecule has 6 heteroatoms.